The van der Waals surface area contributed by atoms with Crippen molar-refractivity contribution in [2.45, 2.75) is 18.9 Å². The van der Waals surface area contributed by atoms with Gasteiger partial charge in [0.25, 0.3) is 0 Å². The molecule has 3 heteroatoms. The summed E-state index contributed by atoms with van der Waals surface area (Å²) >= 11 is 0. The van der Waals surface area contributed by atoms with Crippen LogP contribution in [0.3, 0.4) is 0 Å². The van der Waals surface area contributed by atoms with Crippen molar-refractivity contribution >= 4 is 5.91 Å². The van der Waals surface area contributed by atoms with Crippen LogP contribution in [0, 0.1) is 12.3 Å². The summed E-state index contributed by atoms with van der Waals surface area (Å²) in [4.78, 5) is 15.3. The van der Waals surface area contributed by atoms with E-state index in [4.69, 9.17) is 6.42 Å². The minimum Gasteiger partial charge on any atom is -0.326 e. The largest absolute Gasteiger partial charge is 0.326 e. The van der Waals surface area contributed by atoms with E-state index in [0.29, 0.717) is 19.1 Å². The quantitative estimate of drug-likeness (QED) is 0.531. The number of hydrogen-bond acceptors (Lipinski definition) is 2. The summed E-state index contributed by atoms with van der Waals surface area (Å²) < 4.78 is 0. The molecular weight excluding hydrogens is 152 g/mol. The van der Waals surface area contributed by atoms with Crippen molar-refractivity contribution < 1.29 is 4.79 Å². The Balaban J connectivity index is 1.93. The maximum Gasteiger partial charge on any atom is 0.238 e. The Bertz CT molecular complexity index is 239. The van der Waals surface area contributed by atoms with Crippen molar-refractivity contribution in [2.75, 3.05) is 19.8 Å². The van der Waals surface area contributed by atoms with Crippen molar-refractivity contribution in [1.29, 1.82) is 0 Å². The molecule has 0 radical (unpaired) electrons. The first-order valence-electron chi connectivity index (χ1n) is 4.26. The van der Waals surface area contributed by atoms with Crippen molar-refractivity contribution in [1.82, 2.24) is 9.80 Å². The molecule has 0 spiro atoms. The second-order valence-electron chi connectivity index (χ2n) is 3.43. The van der Waals surface area contributed by atoms with Gasteiger partial charge in [-0.2, -0.15) is 0 Å². The molecule has 0 aromatic carbocycles. The number of rotatable bonds is 2. The topological polar surface area (TPSA) is 23.6 Å². The third kappa shape index (κ3) is 1.30. The summed E-state index contributed by atoms with van der Waals surface area (Å²) in [5, 5.41) is 0. The molecule has 0 aromatic heterocycles. The monoisotopic (exact) mass is 164 g/mol. The zero-order chi connectivity index (χ0) is 8.55. The smallest absolute Gasteiger partial charge is 0.238 e. The Morgan fingerprint density at radius 1 is 1.58 bits per heavy atom. The van der Waals surface area contributed by atoms with Gasteiger partial charge in [0, 0.05) is 6.04 Å². The van der Waals surface area contributed by atoms with Crippen LogP contribution < -0.4 is 0 Å². The van der Waals surface area contributed by atoms with Crippen molar-refractivity contribution in [3.63, 3.8) is 0 Å². The summed E-state index contributed by atoms with van der Waals surface area (Å²) in [6.45, 7) is 1.85. The van der Waals surface area contributed by atoms with Gasteiger partial charge in [0.1, 0.15) is 0 Å². The minimum absolute atomic E-state index is 0.243. The summed E-state index contributed by atoms with van der Waals surface area (Å²) in [6.07, 6.45) is 7.52. The van der Waals surface area contributed by atoms with Gasteiger partial charge in [-0.3, -0.25) is 9.69 Å². The zero-order valence-corrected chi connectivity index (χ0v) is 6.99. The van der Waals surface area contributed by atoms with Crippen LogP contribution in [0.5, 0.6) is 0 Å². The molecule has 1 aliphatic carbocycles. The maximum absolute atomic E-state index is 11.4. The van der Waals surface area contributed by atoms with Gasteiger partial charge < -0.3 is 4.90 Å². The average molecular weight is 164 g/mol. The fraction of sp³-hybridized carbons (Fsp3) is 0.667. The predicted molar refractivity (Wildman–Crippen MR) is 45.1 cm³/mol. The van der Waals surface area contributed by atoms with E-state index in [1.54, 1.807) is 0 Å². The van der Waals surface area contributed by atoms with E-state index in [9.17, 15) is 4.79 Å². The van der Waals surface area contributed by atoms with Crippen LogP contribution in [0.2, 0.25) is 0 Å². The highest BCUT2D eigenvalue weighted by molar-refractivity contribution is 5.80. The predicted octanol–water partition coefficient (Wildman–Crippen LogP) is -0.116. The molecule has 0 bridgehead atoms. The first kappa shape index (κ1) is 7.63. The van der Waals surface area contributed by atoms with Gasteiger partial charge in [-0.15, -0.1) is 6.42 Å². The number of hydrogen-bond donors (Lipinski definition) is 0. The molecule has 2 fully saturated rings. The minimum atomic E-state index is 0.243. The number of carbonyl (C=O) groups is 1. The van der Waals surface area contributed by atoms with Gasteiger partial charge >= 0.3 is 0 Å². The van der Waals surface area contributed by atoms with Crippen molar-refractivity contribution in [2.24, 2.45) is 0 Å². The number of terminal acetylenes is 1. The van der Waals surface area contributed by atoms with E-state index >= 15 is 0 Å². The molecule has 2 rings (SSSR count). The Kier molecular flexibility index (Phi) is 1.78. The van der Waals surface area contributed by atoms with E-state index in [0.717, 1.165) is 6.67 Å². The van der Waals surface area contributed by atoms with E-state index in [2.05, 4.69) is 5.92 Å². The summed E-state index contributed by atoms with van der Waals surface area (Å²) in [7, 11) is 0. The molecule has 2 aliphatic rings. The van der Waals surface area contributed by atoms with E-state index in [1.807, 2.05) is 9.80 Å². The summed E-state index contributed by atoms with van der Waals surface area (Å²) in [5.74, 6) is 2.80. The number of amides is 1. The van der Waals surface area contributed by atoms with Crippen molar-refractivity contribution in [3.05, 3.63) is 0 Å². The van der Waals surface area contributed by atoms with Crippen LogP contribution in [0.1, 0.15) is 12.8 Å². The fourth-order valence-electron chi connectivity index (χ4n) is 1.57. The highest BCUT2D eigenvalue weighted by atomic mass is 16.2. The van der Waals surface area contributed by atoms with Crippen LogP contribution in [-0.4, -0.2) is 41.5 Å². The molecule has 1 amide bonds. The summed E-state index contributed by atoms with van der Waals surface area (Å²) in [5.41, 5.74) is 0. The van der Waals surface area contributed by atoms with Gasteiger partial charge in [0.05, 0.1) is 19.8 Å². The lowest BCUT2D eigenvalue weighted by Crippen LogP contribution is -2.29. The van der Waals surface area contributed by atoms with Gasteiger partial charge in [0.2, 0.25) is 5.91 Å². The zero-order valence-electron chi connectivity index (χ0n) is 6.99. The molecule has 0 aromatic rings. The van der Waals surface area contributed by atoms with Crippen LogP contribution >= 0.6 is 0 Å². The van der Waals surface area contributed by atoms with Crippen molar-refractivity contribution in [3.8, 4) is 12.3 Å². The molecular formula is C9H12N2O. The first-order chi connectivity index (χ1) is 5.81. The van der Waals surface area contributed by atoms with Gasteiger partial charge in [0.15, 0.2) is 0 Å². The second-order valence-corrected chi connectivity index (χ2v) is 3.43. The average Bonchev–Trinajstić information content (AvgIpc) is 2.79. The van der Waals surface area contributed by atoms with Crippen LogP contribution in [-0.2, 0) is 4.79 Å². The van der Waals surface area contributed by atoms with E-state index in [-0.39, 0.29) is 5.91 Å². The molecule has 1 saturated carbocycles. The molecule has 3 nitrogen and oxygen atoms in total. The lowest BCUT2D eigenvalue weighted by Gasteiger charge is -2.15. The van der Waals surface area contributed by atoms with Gasteiger partial charge in [-0.1, -0.05) is 5.92 Å². The first-order valence-corrected chi connectivity index (χ1v) is 4.26. The second kappa shape index (κ2) is 2.80. The molecule has 1 heterocycles. The normalized spacial score (nSPS) is 24.6. The van der Waals surface area contributed by atoms with Gasteiger partial charge in [-0.05, 0) is 12.8 Å². The standard InChI is InChI=1S/C9H12N2O/c1-2-5-10-6-9(12)11(7-10)8-3-4-8/h1,8H,3-7H2. The molecule has 12 heavy (non-hydrogen) atoms. The highest BCUT2D eigenvalue weighted by Gasteiger charge is 2.37. The van der Waals surface area contributed by atoms with Gasteiger partial charge in [-0.25, -0.2) is 0 Å². The highest BCUT2D eigenvalue weighted by Crippen LogP contribution is 2.29. The lowest BCUT2D eigenvalue weighted by atomic mass is 10.5. The summed E-state index contributed by atoms with van der Waals surface area (Å²) in [6, 6.07) is 0.528. The molecule has 0 N–H and O–H groups in total. The molecule has 0 unspecified atom stereocenters. The molecule has 1 aliphatic heterocycles. The SMILES string of the molecule is C#CCN1CC(=O)N(C2CC2)C1. The van der Waals surface area contributed by atoms with Crippen LogP contribution in [0.15, 0.2) is 0 Å². The Labute approximate surface area is 72.3 Å². The Morgan fingerprint density at radius 3 is 2.92 bits per heavy atom. The van der Waals surface area contributed by atoms with Crippen LogP contribution in [0.4, 0.5) is 0 Å². The Morgan fingerprint density at radius 2 is 2.33 bits per heavy atom. The number of carbonyl (C=O) groups excluding carboxylic acids is 1. The van der Waals surface area contributed by atoms with E-state index in [1.165, 1.54) is 12.8 Å². The van der Waals surface area contributed by atoms with E-state index < -0.39 is 0 Å². The fourth-order valence-corrected chi connectivity index (χ4v) is 1.57. The third-order valence-electron chi connectivity index (χ3n) is 2.33. The molecule has 1 saturated heterocycles. The maximum atomic E-state index is 11.4. The Hall–Kier alpha value is -1.01. The molecule has 0 atom stereocenters. The van der Waals surface area contributed by atoms with Crippen LogP contribution in [0.25, 0.3) is 0 Å². The number of nitrogens with zero attached hydrogens (tertiary/aromatic N) is 2. The third-order valence-corrected chi connectivity index (χ3v) is 2.33. The lowest BCUT2D eigenvalue weighted by molar-refractivity contribution is -0.127. The molecule has 64 valence electrons.